The number of carboxylic acids is 1. The normalized spacial score (nSPS) is 23.9. The van der Waals surface area contributed by atoms with Crippen molar-refractivity contribution >= 4 is 29.7 Å². The van der Waals surface area contributed by atoms with Crippen LogP contribution in [0.3, 0.4) is 0 Å². The van der Waals surface area contributed by atoms with Gasteiger partial charge in [0.1, 0.15) is 16.8 Å². The van der Waals surface area contributed by atoms with E-state index >= 15 is 0 Å². The van der Waals surface area contributed by atoms with Crippen LogP contribution in [0.15, 0.2) is 22.9 Å². The van der Waals surface area contributed by atoms with Crippen LogP contribution in [0, 0.1) is 0 Å². The van der Waals surface area contributed by atoms with E-state index in [9.17, 15) is 9.59 Å². The lowest BCUT2D eigenvalue weighted by molar-refractivity contribution is -0.141. The first kappa shape index (κ1) is 11.0. The number of hydrogen-bond donors (Lipinski definition) is 1. The van der Waals surface area contributed by atoms with Crippen molar-refractivity contribution in [3.05, 3.63) is 28.6 Å². The van der Waals surface area contributed by atoms with E-state index in [1.165, 1.54) is 26.8 Å². The number of aliphatic carboxylic acids is 1. The van der Waals surface area contributed by atoms with E-state index in [-0.39, 0.29) is 17.0 Å². The first-order valence-electron chi connectivity index (χ1n) is 5.08. The quantitative estimate of drug-likeness (QED) is 0.599. The van der Waals surface area contributed by atoms with Gasteiger partial charge < -0.3 is 5.11 Å². The first-order valence-corrected chi connectivity index (χ1v) is 6.02. The Bertz CT molecular complexity index is 618. The molecule has 2 aliphatic heterocycles. The number of thioether (sulfide) groups is 1. The smallest absolute Gasteiger partial charge is 0.353 e. The average molecular weight is 264 g/mol. The molecule has 1 fully saturated rings. The van der Waals surface area contributed by atoms with E-state index in [1.807, 2.05) is 0 Å². The number of carboxylic acid groups (broad SMARTS) is 1. The lowest BCUT2D eigenvalue weighted by Crippen LogP contribution is -2.51. The van der Waals surface area contributed by atoms with Crippen molar-refractivity contribution in [3.8, 4) is 0 Å². The lowest BCUT2D eigenvalue weighted by atomic mass is 10.0. The van der Waals surface area contributed by atoms with Gasteiger partial charge in [-0.3, -0.25) is 14.4 Å². The second kappa shape index (κ2) is 3.70. The van der Waals surface area contributed by atoms with E-state index in [0.29, 0.717) is 11.3 Å². The highest BCUT2D eigenvalue weighted by atomic mass is 32.2. The fourth-order valence-corrected chi connectivity index (χ4v) is 2.98. The molecule has 0 saturated carbocycles. The summed E-state index contributed by atoms with van der Waals surface area (Å²) in [6, 6.07) is 0. The molecule has 3 heterocycles. The zero-order valence-electron chi connectivity index (χ0n) is 9.27. The number of β-lactam (4-membered cyclic amide) rings is 1. The van der Waals surface area contributed by atoms with Crippen molar-refractivity contribution < 1.29 is 14.7 Å². The molecule has 1 aromatic rings. The van der Waals surface area contributed by atoms with Crippen LogP contribution in [0.5, 0.6) is 0 Å². The highest BCUT2D eigenvalue weighted by molar-refractivity contribution is 8.03. The Balaban J connectivity index is 1.86. The summed E-state index contributed by atoms with van der Waals surface area (Å²) in [6.45, 7) is 0. The highest BCUT2D eigenvalue weighted by Gasteiger charge is 2.49. The molecule has 92 valence electrons. The van der Waals surface area contributed by atoms with Crippen molar-refractivity contribution in [2.24, 2.45) is 7.05 Å². The molecule has 7 nitrogen and oxygen atoms in total. The maximum atomic E-state index is 11.9. The fraction of sp³-hybridized carbons (Fsp3) is 0.200. The Hall–Kier alpha value is -2.09. The Labute approximate surface area is 106 Å². The monoisotopic (exact) mass is 264 g/mol. The van der Waals surface area contributed by atoms with Gasteiger partial charge in [-0.2, -0.15) is 0 Å². The summed E-state index contributed by atoms with van der Waals surface area (Å²) in [5, 5.41) is 17.8. The minimum atomic E-state index is -1.09. The highest BCUT2D eigenvalue weighted by Crippen LogP contribution is 2.44. The van der Waals surface area contributed by atoms with Crippen LogP contribution < -0.4 is 0 Å². The number of nitrogens with zero attached hydrogens (tertiary/aromatic N) is 4. The second-order valence-electron chi connectivity index (χ2n) is 3.89. The second-order valence-corrected chi connectivity index (χ2v) is 4.84. The number of carbonyl (C=O) groups is 2. The number of fused-ring (bicyclic) bond motifs is 1. The Kier molecular flexibility index (Phi) is 2.27. The number of carbonyl (C=O) groups excluding carboxylic acids is 1. The molecule has 0 unspecified atom stereocenters. The van der Waals surface area contributed by atoms with Crippen LogP contribution in [0.25, 0.3) is 6.08 Å². The topological polar surface area (TPSA) is 88.3 Å². The molecule has 3 rings (SSSR count). The number of rotatable bonds is 2. The SMILES string of the molecule is Cn1cc(C=C2C(=O)N3C(C(=O)O)=CS[C@H]23)nn1. The minimum Gasteiger partial charge on any atom is -0.477 e. The number of aryl methyl sites for hydroxylation is 1. The van der Waals surface area contributed by atoms with Crippen LogP contribution in [0.2, 0.25) is 0 Å². The molecule has 0 aromatic carbocycles. The molecule has 18 heavy (non-hydrogen) atoms. The summed E-state index contributed by atoms with van der Waals surface area (Å²) in [4.78, 5) is 24.0. The maximum Gasteiger partial charge on any atom is 0.353 e. The summed E-state index contributed by atoms with van der Waals surface area (Å²) >= 11 is 1.31. The van der Waals surface area contributed by atoms with Crippen LogP contribution >= 0.6 is 11.8 Å². The van der Waals surface area contributed by atoms with Gasteiger partial charge in [-0.15, -0.1) is 16.9 Å². The van der Waals surface area contributed by atoms with Crippen LogP contribution in [0.4, 0.5) is 0 Å². The Morgan fingerprint density at radius 1 is 1.61 bits per heavy atom. The standard InChI is InChI=1S/C10H8N4O3S/c1-13-3-5(11-12-13)2-6-8(15)14-7(10(16)17)4-18-9(6)14/h2-4,9H,1H3,(H,16,17)/t9-/m1/s1. The number of aromatic nitrogens is 3. The number of hydrogen-bond acceptors (Lipinski definition) is 5. The van der Waals surface area contributed by atoms with E-state index in [1.54, 1.807) is 19.3 Å². The summed E-state index contributed by atoms with van der Waals surface area (Å²) < 4.78 is 1.54. The molecule has 1 aromatic heterocycles. The molecule has 0 bridgehead atoms. The lowest BCUT2D eigenvalue weighted by Gasteiger charge is -2.36. The average Bonchev–Trinajstić information content (AvgIpc) is 2.89. The molecule has 2 aliphatic rings. The summed E-state index contributed by atoms with van der Waals surface area (Å²) in [6.07, 6.45) is 3.33. The van der Waals surface area contributed by atoms with E-state index < -0.39 is 5.97 Å². The van der Waals surface area contributed by atoms with Gasteiger partial charge in [0, 0.05) is 12.5 Å². The van der Waals surface area contributed by atoms with E-state index in [0.717, 1.165) is 0 Å². The van der Waals surface area contributed by atoms with Gasteiger partial charge >= 0.3 is 5.97 Å². The van der Waals surface area contributed by atoms with E-state index in [4.69, 9.17) is 5.11 Å². The van der Waals surface area contributed by atoms with E-state index in [2.05, 4.69) is 10.3 Å². The Morgan fingerprint density at radius 3 is 3.00 bits per heavy atom. The Morgan fingerprint density at radius 2 is 2.39 bits per heavy atom. The van der Waals surface area contributed by atoms with Crippen molar-refractivity contribution in [2.45, 2.75) is 5.37 Å². The van der Waals surface area contributed by atoms with Crippen molar-refractivity contribution in [3.63, 3.8) is 0 Å². The molecule has 1 saturated heterocycles. The van der Waals surface area contributed by atoms with Crippen LogP contribution in [0.1, 0.15) is 5.69 Å². The van der Waals surface area contributed by atoms with Gasteiger partial charge in [0.15, 0.2) is 0 Å². The van der Waals surface area contributed by atoms with Gasteiger partial charge in [0.25, 0.3) is 5.91 Å². The molecule has 8 heteroatoms. The molecule has 1 N–H and O–H groups in total. The third-order valence-electron chi connectivity index (χ3n) is 2.68. The first-order chi connectivity index (χ1) is 8.58. The molecular weight excluding hydrogens is 256 g/mol. The molecule has 1 atom stereocenters. The zero-order valence-corrected chi connectivity index (χ0v) is 10.1. The molecule has 1 amide bonds. The third-order valence-corrected chi connectivity index (χ3v) is 3.76. The van der Waals surface area contributed by atoms with Gasteiger partial charge in [-0.1, -0.05) is 5.21 Å². The van der Waals surface area contributed by atoms with Crippen LogP contribution in [-0.4, -0.2) is 42.3 Å². The van der Waals surface area contributed by atoms with Gasteiger partial charge in [0.05, 0.1) is 11.8 Å². The molecule has 0 aliphatic carbocycles. The fourth-order valence-electron chi connectivity index (χ4n) is 1.86. The maximum absolute atomic E-state index is 11.9. The van der Waals surface area contributed by atoms with Gasteiger partial charge in [-0.05, 0) is 6.08 Å². The number of amides is 1. The largest absolute Gasteiger partial charge is 0.477 e. The third kappa shape index (κ3) is 1.46. The molecular formula is C10H8N4O3S. The molecule has 0 spiro atoms. The van der Waals surface area contributed by atoms with Gasteiger partial charge in [-0.25, -0.2) is 4.79 Å². The van der Waals surface area contributed by atoms with Gasteiger partial charge in [0.2, 0.25) is 0 Å². The molecule has 0 radical (unpaired) electrons. The summed E-state index contributed by atoms with van der Waals surface area (Å²) in [5.74, 6) is -1.37. The van der Waals surface area contributed by atoms with Crippen molar-refractivity contribution in [1.82, 2.24) is 19.9 Å². The predicted molar refractivity (Wildman–Crippen MR) is 62.9 cm³/mol. The van der Waals surface area contributed by atoms with Crippen molar-refractivity contribution in [1.29, 1.82) is 0 Å². The van der Waals surface area contributed by atoms with Crippen LogP contribution in [-0.2, 0) is 16.6 Å². The van der Waals surface area contributed by atoms with Crippen molar-refractivity contribution in [2.75, 3.05) is 0 Å². The minimum absolute atomic E-state index is 0.0336. The zero-order chi connectivity index (χ0) is 12.9. The predicted octanol–water partition coefficient (Wildman–Crippen LogP) is 0.0396. The summed E-state index contributed by atoms with van der Waals surface area (Å²) in [7, 11) is 1.73. The summed E-state index contributed by atoms with van der Waals surface area (Å²) in [5.41, 5.74) is 1.17.